The van der Waals surface area contributed by atoms with Crippen LogP contribution in [0.3, 0.4) is 0 Å². The second-order valence-electron chi connectivity index (χ2n) is 8.47. The van der Waals surface area contributed by atoms with Gasteiger partial charge in [0.15, 0.2) is 6.21 Å². The molecule has 1 aliphatic heterocycles. The fourth-order valence-electron chi connectivity index (χ4n) is 5.18. The number of allylic oxidation sites excluding steroid dienone is 1. The number of hydrogen-bond donors (Lipinski definition) is 0. The predicted molar refractivity (Wildman–Crippen MR) is 115 cm³/mol. The molecule has 148 valence electrons. The molecule has 1 heterocycles. The Labute approximate surface area is 187 Å². The summed E-state index contributed by atoms with van der Waals surface area (Å²) in [7, 11) is 2.23. The Kier molecular flexibility index (Phi) is 7.50. The highest BCUT2D eigenvalue weighted by atomic mass is 127. The smallest absolute Gasteiger partial charge is 0.166 e. The Morgan fingerprint density at radius 1 is 0.821 bits per heavy atom. The lowest BCUT2D eigenvalue weighted by Crippen LogP contribution is -3.00. The normalized spacial score (nSPS) is 18.1. The molecular weight excluding hydrogens is 453 g/mol. The summed E-state index contributed by atoms with van der Waals surface area (Å²) >= 11 is 0. The van der Waals surface area contributed by atoms with E-state index < -0.39 is 0 Å². The summed E-state index contributed by atoms with van der Waals surface area (Å²) in [5.41, 5.74) is 6.80. The van der Waals surface area contributed by atoms with Crippen LogP contribution in [0, 0.1) is 5.41 Å². The van der Waals surface area contributed by atoms with Gasteiger partial charge in [-0.15, -0.1) is 0 Å². The van der Waals surface area contributed by atoms with E-state index in [-0.39, 0.29) is 24.0 Å². The molecule has 2 aromatic rings. The van der Waals surface area contributed by atoms with Crippen molar-refractivity contribution in [3.05, 3.63) is 82.9 Å². The molecule has 2 aromatic carbocycles. The van der Waals surface area contributed by atoms with E-state index in [1.54, 1.807) is 11.1 Å². The maximum Gasteiger partial charge on any atom is 0.166 e. The maximum absolute atomic E-state index is 2.44. The minimum Gasteiger partial charge on any atom is -1.00 e. The van der Waals surface area contributed by atoms with Crippen molar-refractivity contribution < 1.29 is 28.6 Å². The summed E-state index contributed by atoms with van der Waals surface area (Å²) in [4.78, 5) is 0. The van der Waals surface area contributed by atoms with Gasteiger partial charge in [-0.1, -0.05) is 60.7 Å². The largest absolute Gasteiger partial charge is 1.00 e. The van der Waals surface area contributed by atoms with Crippen LogP contribution in [0.4, 0.5) is 0 Å². The molecule has 0 unspecified atom stereocenters. The first-order valence-corrected chi connectivity index (χ1v) is 10.6. The van der Waals surface area contributed by atoms with Gasteiger partial charge in [-0.05, 0) is 67.1 Å². The van der Waals surface area contributed by atoms with E-state index in [2.05, 4.69) is 78.5 Å². The van der Waals surface area contributed by atoms with Crippen molar-refractivity contribution in [2.75, 3.05) is 13.6 Å². The first kappa shape index (κ1) is 21.3. The zero-order valence-corrected chi connectivity index (χ0v) is 19.2. The van der Waals surface area contributed by atoms with Crippen molar-refractivity contribution in [1.82, 2.24) is 0 Å². The molecular formula is C26H32IN. The van der Waals surface area contributed by atoms with Crippen molar-refractivity contribution in [2.45, 2.75) is 51.4 Å². The summed E-state index contributed by atoms with van der Waals surface area (Å²) in [6.45, 7) is 1.18. The first-order chi connectivity index (χ1) is 13.3. The molecule has 4 rings (SSSR count). The predicted octanol–water partition coefficient (Wildman–Crippen LogP) is 2.84. The molecule has 0 spiro atoms. The molecule has 0 N–H and O–H groups in total. The van der Waals surface area contributed by atoms with E-state index in [1.165, 1.54) is 69.0 Å². The molecule has 0 atom stereocenters. The first-order valence-electron chi connectivity index (χ1n) is 10.6. The highest BCUT2D eigenvalue weighted by molar-refractivity contribution is 5.77. The van der Waals surface area contributed by atoms with E-state index >= 15 is 0 Å². The van der Waals surface area contributed by atoms with Gasteiger partial charge >= 0.3 is 0 Å². The molecule has 1 nitrogen and oxygen atoms in total. The molecule has 0 saturated carbocycles. The van der Waals surface area contributed by atoms with E-state index in [9.17, 15) is 0 Å². The third-order valence-electron chi connectivity index (χ3n) is 6.69. The van der Waals surface area contributed by atoms with E-state index in [4.69, 9.17) is 0 Å². The van der Waals surface area contributed by atoms with Gasteiger partial charge in [-0.25, -0.2) is 4.58 Å². The molecule has 0 fully saturated rings. The average Bonchev–Trinajstić information content (AvgIpc) is 2.72. The Balaban J connectivity index is 0.00000225. The molecule has 0 bridgehead atoms. The highest BCUT2D eigenvalue weighted by Crippen LogP contribution is 2.49. The summed E-state index contributed by atoms with van der Waals surface area (Å²) in [5.74, 6) is 0. The van der Waals surface area contributed by atoms with Crippen molar-refractivity contribution in [3.63, 3.8) is 0 Å². The van der Waals surface area contributed by atoms with Crippen LogP contribution in [0.25, 0.3) is 0 Å². The Morgan fingerprint density at radius 2 is 1.39 bits per heavy atom. The topological polar surface area (TPSA) is 3.01 Å². The quantitative estimate of drug-likeness (QED) is 0.438. The van der Waals surface area contributed by atoms with Crippen molar-refractivity contribution in [2.24, 2.45) is 5.41 Å². The molecule has 0 radical (unpaired) electrons. The standard InChI is InChI=1S/C26H32N.HI/c1-27-20-16-25-24(21-27)13-8-17-26(25,18-14-22-9-4-2-5-10-22)19-15-23-11-6-3-7-12-23;/h2-7,9-12,21H,8,13-20H2,1H3;1H/q+1;/p-1. The van der Waals surface area contributed by atoms with Crippen molar-refractivity contribution in [1.29, 1.82) is 0 Å². The third kappa shape index (κ3) is 4.94. The number of hydrogen-bond acceptors (Lipinski definition) is 0. The van der Waals surface area contributed by atoms with E-state index in [1.807, 2.05) is 0 Å². The zero-order chi connectivity index (χ0) is 18.5. The lowest BCUT2D eigenvalue weighted by atomic mass is 9.63. The Hall–Kier alpha value is -1.42. The molecule has 0 aromatic heterocycles. The Bertz CT molecular complexity index is 777. The summed E-state index contributed by atoms with van der Waals surface area (Å²) in [6, 6.07) is 22.2. The van der Waals surface area contributed by atoms with Gasteiger partial charge in [0.1, 0.15) is 13.6 Å². The minimum absolute atomic E-state index is 0. The number of nitrogens with zero attached hydrogens (tertiary/aromatic N) is 1. The third-order valence-corrected chi connectivity index (χ3v) is 6.69. The molecule has 0 amide bonds. The van der Waals surface area contributed by atoms with Gasteiger partial charge in [-0.3, -0.25) is 0 Å². The summed E-state index contributed by atoms with van der Waals surface area (Å²) in [5, 5.41) is 0. The van der Waals surface area contributed by atoms with Crippen LogP contribution >= 0.6 is 0 Å². The van der Waals surface area contributed by atoms with Gasteiger partial charge in [0.05, 0.1) is 0 Å². The highest BCUT2D eigenvalue weighted by Gasteiger charge is 2.39. The van der Waals surface area contributed by atoms with Crippen LogP contribution in [0.1, 0.15) is 49.7 Å². The minimum atomic E-state index is 0. The summed E-state index contributed by atoms with van der Waals surface area (Å²) in [6.07, 6.45) is 12.7. The lowest BCUT2D eigenvalue weighted by Gasteiger charge is -2.42. The maximum atomic E-state index is 2.44. The molecule has 2 heteroatoms. The molecule has 28 heavy (non-hydrogen) atoms. The van der Waals surface area contributed by atoms with Gasteiger partial charge in [0, 0.05) is 12.0 Å². The monoisotopic (exact) mass is 485 g/mol. The van der Waals surface area contributed by atoms with Crippen LogP contribution in [0.15, 0.2) is 71.8 Å². The van der Waals surface area contributed by atoms with Crippen molar-refractivity contribution >= 4 is 6.21 Å². The van der Waals surface area contributed by atoms with E-state index in [0.717, 1.165) is 0 Å². The van der Waals surface area contributed by atoms with Gasteiger partial charge in [-0.2, -0.15) is 0 Å². The van der Waals surface area contributed by atoms with Crippen LogP contribution in [-0.4, -0.2) is 24.4 Å². The van der Waals surface area contributed by atoms with Crippen LogP contribution in [0.2, 0.25) is 0 Å². The van der Waals surface area contributed by atoms with Crippen LogP contribution < -0.4 is 24.0 Å². The number of aryl methyl sites for hydroxylation is 2. The fourth-order valence-corrected chi connectivity index (χ4v) is 5.18. The molecule has 1 aliphatic carbocycles. The van der Waals surface area contributed by atoms with Crippen LogP contribution in [0.5, 0.6) is 0 Å². The Morgan fingerprint density at radius 3 is 1.96 bits per heavy atom. The van der Waals surface area contributed by atoms with Gasteiger partial charge < -0.3 is 24.0 Å². The SMILES string of the molecule is C[N+]1=CC2=C(CC1)C(CCc1ccccc1)(CCc1ccccc1)CCC2.[I-]. The average molecular weight is 485 g/mol. The molecule has 2 aliphatic rings. The second kappa shape index (κ2) is 9.87. The lowest BCUT2D eigenvalue weighted by molar-refractivity contribution is -0.493. The van der Waals surface area contributed by atoms with Crippen molar-refractivity contribution in [3.8, 4) is 0 Å². The second-order valence-corrected chi connectivity index (χ2v) is 8.47. The number of benzene rings is 2. The van der Waals surface area contributed by atoms with E-state index in [0.29, 0.717) is 5.41 Å². The zero-order valence-electron chi connectivity index (χ0n) is 17.0. The number of halogens is 1. The number of rotatable bonds is 6. The molecule has 0 saturated heterocycles. The fraction of sp³-hybridized carbons (Fsp3) is 0.423. The van der Waals surface area contributed by atoms with Crippen LogP contribution in [-0.2, 0) is 12.8 Å². The van der Waals surface area contributed by atoms with Gasteiger partial charge in [0.25, 0.3) is 0 Å². The van der Waals surface area contributed by atoms with Gasteiger partial charge in [0.2, 0.25) is 0 Å². The summed E-state index contributed by atoms with van der Waals surface area (Å²) < 4.78 is 2.39.